The maximum absolute atomic E-state index is 13.5. The van der Waals surface area contributed by atoms with Crippen LogP contribution in [-0.2, 0) is 16.0 Å². The van der Waals surface area contributed by atoms with Crippen LogP contribution < -0.4 is 5.73 Å². The zero-order chi connectivity index (χ0) is 25.7. The third kappa shape index (κ3) is 3.79. The smallest absolute Gasteiger partial charge is 0.254 e. The van der Waals surface area contributed by atoms with Crippen LogP contribution in [-0.4, -0.2) is 38.4 Å². The van der Waals surface area contributed by atoms with Gasteiger partial charge in [-0.3, -0.25) is 14.4 Å². The Morgan fingerprint density at radius 1 is 1.29 bits per heavy atom. The number of Topliss-reactive ketones (excluding diaryl/α,β-unsaturated/α-hetero) is 2. The van der Waals surface area contributed by atoms with Crippen LogP contribution in [0.3, 0.4) is 0 Å². The topological polar surface area (TPSA) is 167 Å². The molecule has 9 nitrogen and oxygen atoms in total. The maximum atomic E-state index is 13.5. The minimum atomic E-state index is -2.60. The van der Waals surface area contributed by atoms with Crippen molar-refractivity contribution >= 4 is 35.2 Å². The summed E-state index contributed by atoms with van der Waals surface area (Å²) in [6, 6.07) is 3.01. The Balaban J connectivity index is 1.85. The number of ketones is 2. The van der Waals surface area contributed by atoms with E-state index in [1.165, 1.54) is 6.07 Å². The number of phenolic OH excluding ortho intramolecular Hbond substituents is 1. The summed E-state index contributed by atoms with van der Waals surface area (Å²) in [6.07, 6.45) is 4.25. The van der Waals surface area contributed by atoms with Crippen molar-refractivity contribution in [2.75, 3.05) is 0 Å². The number of hydrogen-bond donors (Lipinski definition) is 4. The van der Waals surface area contributed by atoms with Crippen molar-refractivity contribution in [1.29, 1.82) is 0 Å². The number of fused-ring (bicyclic) bond motifs is 3. The molecule has 0 aliphatic heterocycles. The highest BCUT2D eigenvalue weighted by Gasteiger charge is 2.59. The number of carbonyl (C=O) groups is 3. The molecule has 0 unspecified atom stereocenters. The van der Waals surface area contributed by atoms with Gasteiger partial charge in [-0.25, -0.2) is 0 Å². The highest BCUT2D eigenvalue weighted by molar-refractivity contribution is 6.31. The van der Waals surface area contributed by atoms with E-state index in [9.17, 15) is 34.6 Å². The van der Waals surface area contributed by atoms with E-state index in [0.29, 0.717) is 22.6 Å². The van der Waals surface area contributed by atoms with Crippen molar-refractivity contribution in [3.63, 3.8) is 0 Å². The van der Waals surface area contributed by atoms with Crippen LogP contribution >= 0.6 is 11.6 Å². The molecule has 1 aromatic carbocycles. The number of allylic oxidation sites excluding steroid dienone is 3. The van der Waals surface area contributed by atoms with Gasteiger partial charge in [0.05, 0.1) is 5.56 Å². The van der Waals surface area contributed by atoms with Gasteiger partial charge in [0, 0.05) is 22.9 Å². The molecule has 3 aliphatic carbocycles. The van der Waals surface area contributed by atoms with Crippen LogP contribution in [0.2, 0.25) is 0 Å². The lowest BCUT2D eigenvalue weighted by atomic mass is 9.60. The monoisotopic (exact) mass is 500 g/mol. The summed E-state index contributed by atoms with van der Waals surface area (Å²) in [6.45, 7) is 2.04. The van der Waals surface area contributed by atoms with E-state index >= 15 is 0 Å². The van der Waals surface area contributed by atoms with Crippen LogP contribution in [0.15, 0.2) is 44.9 Å². The first-order chi connectivity index (χ1) is 16.6. The first-order valence-electron chi connectivity index (χ1n) is 11.4. The number of phenols is 1. The van der Waals surface area contributed by atoms with Crippen LogP contribution in [0.25, 0.3) is 6.08 Å². The van der Waals surface area contributed by atoms with Crippen LogP contribution in [0.4, 0.5) is 0 Å². The van der Waals surface area contributed by atoms with Crippen molar-refractivity contribution in [1.82, 2.24) is 0 Å². The molecular weight excluding hydrogens is 476 g/mol. The van der Waals surface area contributed by atoms with Crippen LogP contribution in [0.5, 0.6) is 5.75 Å². The predicted molar refractivity (Wildman–Crippen MR) is 127 cm³/mol. The molecular formula is C25H25ClN2O7. The molecule has 0 fully saturated rings. The van der Waals surface area contributed by atoms with E-state index in [1.54, 1.807) is 12.1 Å². The SMILES string of the molecule is CCCC/C(Cl)=C/c1ccc(O)c2c1C[C@H]1C[C@H]3CC(N=O)=C(C(N)=O)C(=O)[C@@]3(O)C(O)=C1C2=O. The number of benzene rings is 1. The molecule has 0 radical (unpaired) electrons. The van der Waals surface area contributed by atoms with Crippen molar-refractivity contribution < 1.29 is 29.7 Å². The molecule has 1 aromatic rings. The van der Waals surface area contributed by atoms with Crippen molar-refractivity contribution in [2.24, 2.45) is 22.7 Å². The van der Waals surface area contributed by atoms with E-state index < -0.39 is 46.2 Å². The highest BCUT2D eigenvalue weighted by atomic mass is 35.5. The van der Waals surface area contributed by atoms with E-state index in [4.69, 9.17) is 17.3 Å². The van der Waals surface area contributed by atoms with Gasteiger partial charge in [-0.05, 0) is 60.0 Å². The number of aliphatic hydroxyl groups is 2. The number of hydrogen-bond acceptors (Lipinski definition) is 8. The summed E-state index contributed by atoms with van der Waals surface area (Å²) < 4.78 is 0. The molecule has 3 atom stereocenters. The predicted octanol–water partition coefficient (Wildman–Crippen LogP) is 3.56. The lowest BCUT2D eigenvalue weighted by molar-refractivity contribution is -0.143. The average molecular weight is 501 g/mol. The Bertz CT molecular complexity index is 1260. The zero-order valence-corrected chi connectivity index (χ0v) is 19.8. The summed E-state index contributed by atoms with van der Waals surface area (Å²) in [4.78, 5) is 49.7. The van der Waals surface area contributed by atoms with Crippen LogP contribution in [0, 0.1) is 16.7 Å². The Kier molecular flexibility index (Phi) is 6.42. The number of carbonyl (C=O) groups excluding carboxylic acids is 3. The normalized spacial score (nSPS) is 26.3. The third-order valence-corrected chi connectivity index (χ3v) is 7.47. The van der Waals surface area contributed by atoms with E-state index in [0.717, 1.165) is 12.8 Å². The quantitative estimate of drug-likeness (QED) is 0.342. The number of halogens is 1. The molecule has 0 bridgehead atoms. The largest absolute Gasteiger partial charge is 0.508 e. The minimum absolute atomic E-state index is 0.0391. The van der Waals surface area contributed by atoms with Crippen LogP contribution in [0.1, 0.15) is 60.5 Å². The summed E-state index contributed by atoms with van der Waals surface area (Å²) in [5.41, 5.74) is 2.41. The minimum Gasteiger partial charge on any atom is -0.508 e. The maximum Gasteiger partial charge on any atom is 0.254 e. The summed E-state index contributed by atoms with van der Waals surface area (Å²) in [7, 11) is 0. The molecule has 3 aliphatic rings. The fourth-order valence-corrected chi connectivity index (χ4v) is 5.70. The second-order valence-corrected chi connectivity index (χ2v) is 9.71. The third-order valence-electron chi connectivity index (χ3n) is 7.17. The fraction of sp³-hybridized carbons (Fsp3) is 0.400. The lowest BCUT2D eigenvalue weighted by Gasteiger charge is -2.45. The molecule has 0 saturated carbocycles. The van der Waals surface area contributed by atoms with Gasteiger partial charge in [0.1, 0.15) is 22.8 Å². The molecule has 0 saturated heterocycles. The Hall–Kier alpha value is -3.30. The van der Waals surface area contributed by atoms with Gasteiger partial charge >= 0.3 is 0 Å². The number of primary amides is 1. The van der Waals surface area contributed by atoms with Crippen molar-refractivity contribution in [3.8, 4) is 5.75 Å². The average Bonchev–Trinajstić information content (AvgIpc) is 2.80. The Morgan fingerprint density at radius 2 is 2.00 bits per heavy atom. The highest BCUT2D eigenvalue weighted by Crippen LogP contribution is 2.52. The molecule has 184 valence electrons. The molecule has 1 amide bonds. The second-order valence-electron chi connectivity index (χ2n) is 9.22. The van der Waals surface area contributed by atoms with Crippen molar-refractivity contribution in [3.05, 3.63) is 61.4 Å². The number of aliphatic hydroxyl groups excluding tert-OH is 1. The van der Waals surface area contributed by atoms with Gasteiger partial charge in [0.2, 0.25) is 5.78 Å². The van der Waals surface area contributed by atoms with Gasteiger partial charge in [0.15, 0.2) is 11.4 Å². The molecule has 0 heterocycles. The van der Waals surface area contributed by atoms with Gasteiger partial charge < -0.3 is 21.1 Å². The number of nitrogens with two attached hydrogens (primary N) is 1. The molecule has 0 aromatic heterocycles. The first-order valence-corrected chi connectivity index (χ1v) is 11.8. The number of unbranched alkanes of at least 4 members (excludes halogenated alkanes) is 1. The van der Waals surface area contributed by atoms with E-state index in [2.05, 4.69) is 5.18 Å². The molecule has 5 N–H and O–H groups in total. The number of aromatic hydroxyl groups is 1. The lowest BCUT2D eigenvalue weighted by Crippen LogP contribution is -2.57. The molecule has 0 spiro atoms. The van der Waals surface area contributed by atoms with Crippen molar-refractivity contribution in [2.45, 2.75) is 51.0 Å². The number of rotatable bonds is 6. The number of nitroso groups, excluding NO2 is 1. The second kappa shape index (κ2) is 9.05. The first kappa shape index (κ1) is 24.8. The Labute approximate surface area is 205 Å². The zero-order valence-electron chi connectivity index (χ0n) is 19.0. The molecule has 10 heteroatoms. The summed E-state index contributed by atoms with van der Waals surface area (Å²) >= 11 is 6.38. The van der Waals surface area contributed by atoms with E-state index in [-0.39, 0.29) is 41.8 Å². The number of nitrogens with zero attached hydrogens (tertiary/aromatic N) is 1. The van der Waals surface area contributed by atoms with Gasteiger partial charge in [-0.1, -0.05) is 31.0 Å². The van der Waals surface area contributed by atoms with E-state index in [1.807, 2.05) is 6.92 Å². The summed E-state index contributed by atoms with van der Waals surface area (Å²) in [5, 5.41) is 36.2. The standard InChI is InChI=1S/C25H25ClN2O7/c1-2-3-4-14(26)8-11-5-6-17(29)19-15(11)9-12-7-13-10-16(28-35)20(24(27)33)23(32)25(13,34)22(31)18(12)21(19)30/h5-6,8,12-13,29,31,34H,2-4,7,9-10H2,1H3,(H2,27,33)/b14-8-/t12-,13+,25+/m1/s1. The fourth-order valence-electron chi connectivity index (χ4n) is 5.45. The van der Waals surface area contributed by atoms with Gasteiger partial charge in [-0.2, -0.15) is 0 Å². The Morgan fingerprint density at radius 3 is 2.63 bits per heavy atom. The summed E-state index contributed by atoms with van der Waals surface area (Å²) in [5.74, 6) is -6.05. The van der Waals surface area contributed by atoms with Gasteiger partial charge in [-0.15, -0.1) is 4.91 Å². The number of amides is 1. The van der Waals surface area contributed by atoms with Gasteiger partial charge in [0.25, 0.3) is 5.91 Å². The molecule has 4 rings (SSSR count). The molecule has 35 heavy (non-hydrogen) atoms.